The lowest BCUT2D eigenvalue weighted by atomic mass is 10.1. The maximum absolute atomic E-state index is 10.2. The van der Waals surface area contributed by atoms with Gasteiger partial charge in [0.1, 0.15) is 12.6 Å². The zero-order valence-electron chi connectivity index (χ0n) is 9.67. The van der Waals surface area contributed by atoms with Gasteiger partial charge in [-0.15, -0.1) is 0 Å². The van der Waals surface area contributed by atoms with Crippen LogP contribution in [-0.2, 0) is 0 Å². The fourth-order valence-electron chi connectivity index (χ4n) is 1.25. The molecule has 0 aliphatic heterocycles. The number of carbonyl (C=O) groups is 2. The second-order valence-corrected chi connectivity index (χ2v) is 3.50. The van der Waals surface area contributed by atoms with E-state index >= 15 is 0 Å². The Balaban J connectivity index is 0.000000171. The fraction of sp³-hybridized carbons (Fsp3) is 0.0667. The van der Waals surface area contributed by atoms with Crippen molar-refractivity contribution in [3.8, 4) is 0 Å². The van der Waals surface area contributed by atoms with Crippen molar-refractivity contribution in [2.75, 3.05) is 0 Å². The summed E-state index contributed by atoms with van der Waals surface area (Å²) >= 11 is 0. The summed E-state index contributed by atoms with van der Waals surface area (Å²) in [6, 6.07) is 16.6. The average molecular weight is 226 g/mol. The van der Waals surface area contributed by atoms with Crippen molar-refractivity contribution < 1.29 is 9.59 Å². The second-order valence-electron chi connectivity index (χ2n) is 3.50. The summed E-state index contributed by atoms with van der Waals surface area (Å²) in [4.78, 5) is 20.2. The fourth-order valence-corrected chi connectivity index (χ4v) is 1.25. The Morgan fingerprint density at radius 2 is 1.35 bits per heavy atom. The molecule has 2 aromatic carbocycles. The highest BCUT2D eigenvalue weighted by atomic mass is 16.1. The third-order valence-corrected chi connectivity index (χ3v) is 2.25. The summed E-state index contributed by atoms with van der Waals surface area (Å²) in [7, 11) is 0. The third-order valence-electron chi connectivity index (χ3n) is 2.25. The molecule has 0 radical (unpaired) electrons. The molecular weight excluding hydrogens is 212 g/mol. The largest absolute Gasteiger partial charge is 0.298 e. The zero-order valence-corrected chi connectivity index (χ0v) is 9.67. The van der Waals surface area contributed by atoms with Crippen LogP contribution in [0.25, 0.3) is 0 Å². The molecule has 0 aliphatic carbocycles. The van der Waals surface area contributed by atoms with Crippen LogP contribution in [0.1, 0.15) is 26.3 Å². The molecule has 0 aromatic heterocycles. The number of aryl methyl sites for hydroxylation is 1. The van der Waals surface area contributed by atoms with Gasteiger partial charge in [0.25, 0.3) is 0 Å². The molecule has 2 rings (SSSR count). The first kappa shape index (κ1) is 12.8. The summed E-state index contributed by atoms with van der Waals surface area (Å²) in [5.74, 6) is 0. The van der Waals surface area contributed by atoms with E-state index in [1.165, 1.54) is 0 Å². The molecule has 0 aliphatic rings. The summed E-state index contributed by atoms with van der Waals surface area (Å²) in [6.45, 7) is 1.92. The van der Waals surface area contributed by atoms with Gasteiger partial charge < -0.3 is 0 Å². The van der Waals surface area contributed by atoms with Crippen LogP contribution in [0.3, 0.4) is 0 Å². The standard InChI is InChI=1S/C8H8O.C7H6O/c1-7-4-2-3-5-8(7)6-9;8-6-7-4-2-1-3-5-7/h2-6H,1H3;1-6H. The van der Waals surface area contributed by atoms with Gasteiger partial charge in [-0.2, -0.15) is 0 Å². The highest BCUT2D eigenvalue weighted by molar-refractivity contribution is 5.76. The van der Waals surface area contributed by atoms with E-state index in [0.717, 1.165) is 29.3 Å². The molecule has 0 atom stereocenters. The van der Waals surface area contributed by atoms with Crippen LogP contribution < -0.4 is 0 Å². The number of hydrogen-bond acceptors (Lipinski definition) is 2. The van der Waals surface area contributed by atoms with Crippen molar-refractivity contribution in [3.63, 3.8) is 0 Å². The third kappa shape index (κ3) is 4.43. The van der Waals surface area contributed by atoms with Gasteiger partial charge in [-0.1, -0.05) is 54.6 Å². The van der Waals surface area contributed by atoms with E-state index < -0.39 is 0 Å². The van der Waals surface area contributed by atoms with Gasteiger partial charge >= 0.3 is 0 Å². The molecule has 0 heterocycles. The molecule has 17 heavy (non-hydrogen) atoms. The normalized spacial score (nSPS) is 8.76. The molecule has 0 saturated heterocycles. The highest BCUT2D eigenvalue weighted by Crippen LogP contribution is 2.02. The Bertz CT molecular complexity index is 475. The van der Waals surface area contributed by atoms with Gasteiger partial charge in [-0.25, -0.2) is 0 Å². The Kier molecular flexibility index (Phi) is 5.38. The average Bonchev–Trinajstić information content (AvgIpc) is 2.41. The first-order valence-corrected chi connectivity index (χ1v) is 5.29. The number of hydrogen-bond donors (Lipinski definition) is 0. The van der Waals surface area contributed by atoms with Gasteiger partial charge in [-0.3, -0.25) is 9.59 Å². The van der Waals surface area contributed by atoms with Crippen molar-refractivity contribution in [2.24, 2.45) is 0 Å². The number of benzene rings is 2. The molecule has 2 heteroatoms. The summed E-state index contributed by atoms with van der Waals surface area (Å²) < 4.78 is 0. The quantitative estimate of drug-likeness (QED) is 0.736. The summed E-state index contributed by atoms with van der Waals surface area (Å²) in [5.41, 5.74) is 2.54. The van der Waals surface area contributed by atoms with E-state index in [0.29, 0.717) is 0 Å². The monoisotopic (exact) mass is 226 g/mol. The summed E-state index contributed by atoms with van der Waals surface area (Å²) in [5, 5.41) is 0. The SMILES string of the molecule is Cc1ccccc1C=O.O=Cc1ccccc1. The van der Waals surface area contributed by atoms with Gasteiger partial charge in [0.2, 0.25) is 0 Å². The Morgan fingerprint density at radius 3 is 1.76 bits per heavy atom. The predicted octanol–water partition coefficient (Wildman–Crippen LogP) is 3.31. The number of aldehydes is 2. The lowest BCUT2D eigenvalue weighted by Crippen LogP contribution is -1.82. The minimum atomic E-state index is 0.729. The first-order valence-electron chi connectivity index (χ1n) is 5.29. The topological polar surface area (TPSA) is 34.1 Å². The molecule has 0 spiro atoms. The van der Waals surface area contributed by atoms with Gasteiger partial charge in [-0.05, 0) is 12.5 Å². The molecule has 0 saturated carbocycles. The van der Waals surface area contributed by atoms with E-state index in [-0.39, 0.29) is 0 Å². The molecular formula is C15H14O2. The van der Waals surface area contributed by atoms with E-state index in [2.05, 4.69) is 0 Å². The maximum Gasteiger partial charge on any atom is 0.150 e. The molecule has 0 amide bonds. The molecule has 0 unspecified atom stereocenters. The Hall–Kier alpha value is -2.22. The Morgan fingerprint density at radius 1 is 0.765 bits per heavy atom. The molecule has 0 N–H and O–H groups in total. The maximum atomic E-state index is 10.2. The van der Waals surface area contributed by atoms with Gasteiger partial charge in [0.05, 0.1) is 0 Å². The predicted molar refractivity (Wildman–Crippen MR) is 68.4 cm³/mol. The van der Waals surface area contributed by atoms with Gasteiger partial charge in [0.15, 0.2) is 0 Å². The van der Waals surface area contributed by atoms with Crippen LogP contribution in [0.2, 0.25) is 0 Å². The van der Waals surface area contributed by atoms with E-state index in [1.807, 2.05) is 49.4 Å². The second kappa shape index (κ2) is 7.12. The number of rotatable bonds is 2. The van der Waals surface area contributed by atoms with Crippen LogP contribution in [0.5, 0.6) is 0 Å². The van der Waals surface area contributed by atoms with Crippen LogP contribution in [0, 0.1) is 6.92 Å². The van der Waals surface area contributed by atoms with Gasteiger partial charge in [0, 0.05) is 11.1 Å². The highest BCUT2D eigenvalue weighted by Gasteiger charge is 1.90. The van der Waals surface area contributed by atoms with Crippen LogP contribution in [0.15, 0.2) is 54.6 Å². The molecule has 2 aromatic rings. The van der Waals surface area contributed by atoms with Crippen LogP contribution in [0.4, 0.5) is 0 Å². The molecule has 0 bridgehead atoms. The minimum Gasteiger partial charge on any atom is -0.298 e. The lowest BCUT2D eigenvalue weighted by molar-refractivity contribution is 0.111. The van der Waals surface area contributed by atoms with Crippen molar-refractivity contribution in [3.05, 3.63) is 71.3 Å². The molecule has 86 valence electrons. The lowest BCUT2D eigenvalue weighted by Gasteiger charge is -1.92. The van der Waals surface area contributed by atoms with Crippen molar-refractivity contribution in [1.82, 2.24) is 0 Å². The van der Waals surface area contributed by atoms with E-state index in [9.17, 15) is 9.59 Å². The first-order chi connectivity index (χ1) is 8.27. The zero-order chi connectivity index (χ0) is 12.5. The van der Waals surface area contributed by atoms with Crippen molar-refractivity contribution >= 4 is 12.6 Å². The smallest absolute Gasteiger partial charge is 0.150 e. The number of carbonyl (C=O) groups excluding carboxylic acids is 2. The Labute approximate surface area is 101 Å². The van der Waals surface area contributed by atoms with Crippen molar-refractivity contribution in [2.45, 2.75) is 6.92 Å². The molecule has 0 fully saturated rings. The van der Waals surface area contributed by atoms with Crippen LogP contribution >= 0.6 is 0 Å². The summed E-state index contributed by atoms with van der Waals surface area (Å²) in [6.07, 6.45) is 1.70. The van der Waals surface area contributed by atoms with E-state index in [1.54, 1.807) is 12.1 Å². The minimum absolute atomic E-state index is 0.729. The van der Waals surface area contributed by atoms with Crippen LogP contribution in [-0.4, -0.2) is 12.6 Å². The van der Waals surface area contributed by atoms with E-state index in [4.69, 9.17) is 0 Å². The van der Waals surface area contributed by atoms with Crippen molar-refractivity contribution in [1.29, 1.82) is 0 Å². The molecule has 2 nitrogen and oxygen atoms in total.